The first-order chi connectivity index (χ1) is 9.57. The van der Waals surface area contributed by atoms with Crippen LogP contribution in [-0.2, 0) is 9.84 Å². The lowest BCUT2D eigenvalue weighted by molar-refractivity contribution is 0.413. The SMILES string of the molecule is CCCNC1CCC(S(=O)(=O)c2cccc(OC)c2)C1. The quantitative estimate of drug-likeness (QED) is 0.876. The lowest BCUT2D eigenvalue weighted by Crippen LogP contribution is -2.29. The van der Waals surface area contributed by atoms with Crippen LogP contribution in [0.2, 0.25) is 0 Å². The molecular weight excluding hydrogens is 274 g/mol. The predicted octanol–water partition coefficient (Wildman–Crippen LogP) is 2.39. The Hall–Kier alpha value is -1.07. The fourth-order valence-corrected chi connectivity index (χ4v) is 4.59. The molecular formula is C15H23NO3S. The van der Waals surface area contributed by atoms with Crippen molar-refractivity contribution in [3.05, 3.63) is 24.3 Å². The van der Waals surface area contributed by atoms with E-state index >= 15 is 0 Å². The van der Waals surface area contributed by atoms with Crippen LogP contribution in [0.4, 0.5) is 0 Å². The highest BCUT2D eigenvalue weighted by atomic mass is 32.2. The summed E-state index contributed by atoms with van der Waals surface area (Å²) >= 11 is 0. The second-order valence-corrected chi connectivity index (χ2v) is 7.54. The Labute approximate surface area is 121 Å². The van der Waals surface area contributed by atoms with E-state index < -0.39 is 9.84 Å². The molecule has 0 amide bonds. The van der Waals surface area contributed by atoms with Gasteiger partial charge in [-0.05, 0) is 50.4 Å². The Balaban J connectivity index is 2.11. The van der Waals surface area contributed by atoms with Crippen LogP contribution in [-0.4, -0.2) is 33.4 Å². The third-order valence-corrected chi connectivity index (χ3v) is 6.09. The zero-order valence-electron chi connectivity index (χ0n) is 12.1. The van der Waals surface area contributed by atoms with E-state index in [-0.39, 0.29) is 5.25 Å². The minimum absolute atomic E-state index is 0.274. The van der Waals surface area contributed by atoms with Crippen molar-refractivity contribution in [3.8, 4) is 5.75 Å². The summed E-state index contributed by atoms with van der Waals surface area (Å²) in [4.78, 5) is 0.373. The number of methoxy groups -OCH3 is 1. The van der Waals surface area contributed by atoms with Crippen LogP contribution in [0, 0.1) is 0 Å². The van der Waals surface area contributed by atoms with Crippen molar-refractivity contribution in [3.63, 3.8) is 0 Å². The molecule has 1 N–H and O–H groups in total. The molecule has 0 aromatic heterocycles. The van der Waals surface area contributed by atoms with Gasteiger partial charge in [-0.2, -0.15) is 0 Å². The molecule has 1 aliphatic rings. The van der Waals surface area contributed by atoms with Gasteiger partial charge in [0, 0.05) is 6.04 Å². The van der Waals surface area contributed by atoms with Crippen LogP contribution < -0.4 is 10.1 Å². The molecule has 0 heterocycles. The van der Waals surface area contributed by atoms with Gasteiger partial charge in [0.05, 0.1) is 17.3 Å². The highest BCUT2D eigenvalue weighted by Crippen LogP contribution is 2.31. The summed E-state index contributed by atoms with van der Waals surface area (Å²) in [6.45, 7) is 3.07. The molecule has 112 valence electrons. The molecule has 1 fully saturated rings. The smallest absolute Gasteiger partial charge is 0.181 e. The topological polar surface area (TPSA) is 55.4 Å². The molecule has 0 aliphatic heterocycles. The van der Waals surface area contributed by atoms with Gasteiger partial charge in [0.1, 0.15) is 5.75 Å². The largest absolute Gasteiger partial charge is 0.497 e. The Morgan fingerprint density at radius 1 is 1.35 bits per heavy atom. The maximum absolute atomic E-state index is 12.6. The zero-order valence-corrected chi connectivity index (χ0v) is 12.9. The van der Waals surface area contributed by atoms with Gasteiger partial charge in [-0.1, -0.05) is 13.0 Å². The van der Waals surface area contributed by atoms with Gasteiger partial charge < -0.3 is 10.1 Å². The predicted molar refractivity (Wildman–Crippen MR) is 79.9 cm³/mol. The Morgan fingerprint density at radius 3 is 2.85 bits per heavy atom. The standard InChI is InChI=1S/C15H23NO3S/c1-3-9-16-12-7-8-15(10-12)20(17,18)14-6-4-5-13(11-14)19-2/h4-6,11-12,15-16H,3,7-10H2,1-2H3. The third-order valence-electron chi connectivity index (χ3n) is 3.88. The molecule has 0 radical (unpaired) electrons. The number of benzene rings is 1. The number of hydrogen-bond donors (Lipinski definition) is 1. The molecule has 1 aromatic carbocycles. The summed E-state index contributed by atoms with van der Waals surface area (Å²) in [6, 6.07) is 7.10. The summed E-state index contributed by atoms with van der Waals surface area (Å²) in [7, 11) is -1.70. The first kappa shape index (κ1) is 15.3. The number of ether oxygens (including phenoxy) is 1. The molecule has 0 bridgehead atoms. The fourth-order valence-electron chi connectivity index (χ4n) is 2.73. The maximum Gasteiger partial charge on any atom is 0.181 e. The first-order valence-corrected chi connectivity index (χ1v) is 8.74. The van der Waals surface area contributed by atoms with E-state index in [9.17, 15) is 8.42 Å². The Bertz CT molecular complexity index is 542. The van der Waals surface area contributed by atoms with E-state index in [1.54, 1.807) is 31.4 Å². The Morgan fingerprint density at radius 2 is 2.15 bits per heavy atom. The van der Waals surface area contributed by atoms with Crippen molar-refractivity contribution < 1.29 is 13.2 Å². The minimum atomic E-state index is -3.25. The summed E-state index contributed by atoms with van der Waals surface area (Å²) in [5.41, 5.74) is 0. The molecule has 0 saturated heterocycles. The Kier molecular flexibility index (Phi) is 5.05. The van der Waals surface area contributed by atoms with Crippen molar-refractivity contribution >= 4 is 9.84 Å². The minimum Gasteiger partial charge on any atom is -0.497 e. The van der Waals surface area contributed by atoms with Gasteiger partial charge in [-0.25, -0.2) is 8.42 Å². The number of rotatable bonds is 6. The molecule has 5 heteroatoms. The molecule has 4 nitrogen and oxygen atoms in total. The van der Waals surface area contributed by atoms with Gasteiger partial charge in [-0.3, -0.25) is 0 Å². The molecule has 1 aromatic rings. The first-order valence-electron chi connectivity index (χ1n) is 7.19. The molecule has 20 heavy (non-hydrogen) atoms. The lowest BCUT2D eigenvalue weighted by Gasteiger charge is -2.14. The van der Waals surface area contributed by atoms with Crippen LogP contribution in [0.5, 0.6) is 5.75 Å². The highest BCUT2D eigenvalue weighted by Gasteiger charge is 2.35. The van der Waals surface area contributed by atoms with E-state index in [0.29, 0.717) is 23.1 Å². The van der Waals surface area contributed by atoms with E-state index in [4.69, 9.17) is 4.74 Å². The van der Waals surface area contributed by atoms with Crippen LogP contribution in [0.1, 0.15) is 32.6 Å². The van der Waals surface area contributed by atoms with Gasteiger partial charge in [0.2, 0.25) is 0 Å². The summed E-state index contributed by atoms with van der Waals surface area (Å²) < 4.78 is 30.4. The zero-order chi connectivity index (χ0) is 14.6. The van der Waals surface area contributed by atoms with E-state index in [1.165, 1.54) is 0 Å². The average Bonchev–Trinajstić information content (AvgIpc) is 2.94. The van der Waals surface area contributed by atoms with Crippen LogP contribution in [0.25, 0.3) is 0 Å². The molecule has 1 saturated carbocycles. The number of nitrogens with one attached hydrogen (secondary N) is 1. The van der Waals surface area contributed by atoms with Crippen molar-refractivity contribution in [2.24, 2.45) is 0 Å². The van der Waals surface area contributed by atoms with E-state index in [0.717, 1.165) is 25.8 Å². The van der Waals surface area contributed by atoms with E-state index in [2.05, 4.69) is 12.2 Å². The monoisotopic (exact) mass is 297 g/mol. The summed E-state index contributed by atoms with van der Waals surface area (Å²) in [6.07, 6.45) is 3.46. The second kappa shape index (κ2) is 6.59. The van der Waals surface area contributed by atoms with Crippen LogP contribution >= 0.6 is 0 Å². The normalized spacial score (nSPS) is 22.9. The fraction of sp³-hybridized carbons (Fsp3) is 0.600. The van der Waals surface area contributed by atoms with Gasteiger partial charge in [-0.15, -0.1) is 0 Å². The molecule has 2 atom stereocenters. The molecule has 2 unspecified atom stereocenters. The average molecular weight is 297 g/mol. The van der Waals surface area contributed by atoms with Gasteiger partial charge in [0.15, 0.2) is 9.84 Å². The van der Waals surface area contributed by atoms with Crippen LogP contribution in [0.15, 0.2) is 29.2 Å². The maximum atomic E-state index is 12.6. The van der Waals surface area contributed by atoms with Gasteiger partial charge >= 0.3 is 0 Å². The van der Waals surface area contributed by atoms with Crippen molar-refractivity contribution in [1.82, 2.24) is 5.32 Å². The van der Waals surface area contributed by atoms with Crippen LogP contribution in [0.3, 0.4) is 0 Å². The van der Waals surface area contributed by atoms with Crippen molar-refractivity contribution in [1.29, 1.82) is 0 Å². The van der Waals surface area contributed by atoms with E-state index in [1.807, 2.05) is 0 Å². The van der Waals surface area contributed by atoms with Gasteiger partial charge in [0.25, 0.3) is 0 Å². The molecule has 1 aliphatic carbocycles. The lowest BCUT2D eigenvalue weighted by atomic mass is 10.2. The highest BCUT2D eigenvalue weighted by molar-refractivity contribution is 7.92. The number of hydrogen-bond acceptors (Lipinski definition) is 4. The second-order valence-electron chi connectivity index (χ2n) is 5.31. The summed E-state index contributed by atoms with van der Waals surface area (Å²) in [5, 5.41) is 3.14. The number of sulfone groups is 1. The summed E-state index contributed by atoms with van der Waals surface area (Å²) in [5.74, 6) is 0.588. The van der Waals surface area contributed by atoms with Crippen molar-refractivity contribution in [2.75, 3.05) is 13.7 Å². The van der Waals surface area contributed by atoms with Crippen molar-refractivity contribution in [2.45, 2.75) is 48.8 Å². The molecule has 0 spiro atoms. The molecule has 2 rings (SSSR count). The third kappa shape index (κ3) is 3.33.